The monoisotopic (exact) mass is 355 g/mol. The minimum absolute atomic E-state index is 0.762. The molecule has 2 rings (SSSR count). The van der Waals surface area contributed by atoms with Crippen LogP contribution in [0.2, 0.25) is 5.02 Å². The van der Waals surface area contributed by atoms with Gasteiger partial charge < -0.3 is 5.32 Å². The lowest BCUT2D eigenvalue weighted by molar-refractivity contribution is 0.732. The smallest absolute Gasteiger partial charge is 0.0551 e. The molecule has 0 saturated heterocycles. The highest BCUT2D eigenvalue weighted by Gasteiger charge is 1.99. The second kappa shape index (κ2) is 7.95. The Labute approximate surface area is 131 Å². The summed E-state index contributed by atoms with van der Waals surface area (Å²) < 4.78 is 0.942. The number of halogens is 2. The zero-order valence-electron chi connectivity index (χ0n) is 10.4. The molecule has 1 nitrogen and oxygen atoms in total. The van der Waals surface area contributed by atoms with Crippen molar-refractivity contribution in [3.63, 3.8) is 0 Å². The Balaban J connectivity index is 1.68. The maximum absolute atomic E-state index is 6.06. The van der Waals surface area contributed by atoms with Crippen molar-refractivity contribution in [2.24, 2.45) is 0 Å². The number of rotatable bonds is 6. The SMILES string of the molecule is Clc1cc(CNCCSc2ccccc2)ccc1Br. The van der Waals surface area contributed by atoms with Crippen LogP contribution in [-0.4, -0.2) is 12.3 Å². The van der Waals surface area contributed by atoms with Crippen LogP contribution in [-0.2, 0) is 6.54 Å². The molecule has 0 aromatic heterocycles. The summed E-state index contributed by atoms with van der Waals surface area (Å²) in [7, 11) is 0. The highest BCUT2D eigenvalue weighted by Crippen LogP contribution is 2.23. The largest absolute Gasteiger partial charge is 0.312 e. The fourth-order valence-electron chi connectivity index (χ4n) is 1.64. The molecule has 1 N–H and O–H groups in total. The minimum Gasteiger partial charge on any atom is -0.312 e. The number of benzene rings is 2. The van der Waals surface area contributed by atoms with Crippen molar-refractivity contribution in [2.75, 3.05) is 12.3 Å². The lowest BCUT2D eigenvalue weighted by atomic mass is 10.2. The summed E-state index contributed by atoms with van der Waals surface area (Å²) in [6.07, 6.45) is 0. The van der Waals surface area contributed by atoms with Gasteiger partial charge in [0.15, 0.2) is 0 Å². The third-order valence-electron chi connectivity index (χ3n) is 2.60. The summed E-state index contributed by atoms with van der Waals surface area (Å²) in [5.41, 5.74) is 1.21. The van der Waals surface area contributed by atoms with Crippen LogP contribution in [0.15, 0.2) is 57.9 Å². The zero-order chi connectivity index (χ0) is 13.5. The number of thioether (sulfide) groups is 1. The van der Waals surface area contributed by atoms with Crippen LogP contribution >= 0.6 is 39.3 Å². The van der Waals surface area contributed by atoms with Gasteiger partial charge in [-0.2, -0.15) is 0 Å². The highest BCUT2D eigenvalue weighted by atomic mass is 79.9. The van der Waals surface area contributed by atoms with Gasteiger partial charge in [-0.05, 0) is 45.8 Å². The van der Waals surface area contributed by atoms with Crippen molar-refractivity contribution in [1.29, 1.82) is 0 Å². The van der Waals surface area contributed by atoms with E-state index >= 15 is 0 Å². The summed E-state index contributed by atoms with van der Waals surface area (Å²) in [5.74, 6) is 1.06. The third kappa shape index (κ3) is 5.19. The maximum Gasteiger partial charge on any atom is 0.0551 e. The van der Waals surface area contributed by atoms with Crippen molar-refractivity contribution >= 4 is 39.3 Å². The van der Waals surface area contributed by atoms with Gasteiger partial charge in [-0.3, -0.25) is 0 Å². The topological polar surface area (TPSA) is 12.0 Å². The molecule has 0 fully saturated rings. The van der Waals surface area contributed by atoms with Gasteiger partial charge in [0, 0.05) is 28.2 Å². The van der Waals surface area contributed by atoms with E-state index in [4.69, 9.17) is 11.6 Å². The molecule has 0 amide bonds. The van der Waals surface area contributed by atoms with E-state index in [1.54, 1.807) is 0 Å². The van der Waals surface area contributed by atoms with E-state index in [9.17, 15) is 0 Å². The Morgan fingerprint density at radius 3 is 2.63 bits per heavy atom. The summed E-state index contributed by atoms with van der Waals surface area (Å²) in [6.45, 7) is 1.83. The summed E-state index contributed by atoms with van der Waals surface area (Å²) in [5, 5.41) is 4.19. The van der Waals surface area contributed by atoms with Gasteiger partial charge in [-0.1, -0.05) is 35.9 Å². The van der Waals surface area contributed by atoms with Crippen molar-refractivity contribution in [3.05, 3.63) is 63.6 Å². The van der Waals surface area contributed by atoms with Crippen molar-refractivity contribution in [1.82, 2.24) is 5.32 Å². The standard InChI is InChI=1S/C15H15BrClNS/c16-14-7-6-12(10-15(14)17)11-18-8-9-19-13-4-2-1-3-5-13/h1-7,10,18H,8-9,11H2. The predicted octanol–water partition coefficient (Wildman–Crippen LogP) is 4.98. The minimum atomic E-state index is 0.762. The molecular weight excluding hydrogens is 342 g/mol. The molecule has 2 aromatic carbocycles. The first kappa shape index (κ1) is 14.9. The molecule has 0 atom stereocenters. The van der Waals surface area contributed by atoms with Gasteiger partial charge in [0.25, 0.3) is 0 Å². The van der Waals surface area contributed by atoms with Crippen LogP contribution in [0.5, 0.6) is 0 Å². The molecule has 0 unspecified atom stereocenters. The van der Waals surface area contributed by atoms with Crippen molar-refractivity contribution in [3.8, 4) is 0 Å². The first-order chi connectivity index (χ1) is 9.25. The molecule has 2 aromatic rings. The van der Waals surface area contributed by atoms with Crippen LogP contribution in [0.3, 0.4) is 0 Å². The Kier molecular flexibility index (Phi) is 6.24. The third-order valence-corrected chi connectivity index (χ3v) is 4.85. The van der Waals surface area contributed by atoms with Crippen LogP contribution in [0.1, 0.15) is 5.56 Å². The molecule has 0 heterocycles. The van der Waals surface area contributed by atoms with Gasteiger partial charge in [0.2, 0.25) is 0 Å². The van der Waals surface area contributed by atoms with E-state index in [-0.39, 0.29) is 0 Å². The molecule has 0 radical (unpaired) electrons. The van der Waals surface area contributed by atoms with E-state index in [0.717, 1.165) is 28.3 Å². The average Bonchev–Trinajstić information content (AvgIpc) is 2.43. The van der Waals surface area contributed by atoms with E-state index in [1.165, 1.54) is 10.5 Å². The van der Waals surface area contributed by atoms with E-state index in [1.807, 2.05) is 30.0 Å². The van der Waals surface area contributed by atoms with E-state index in [0.29, 0.717) is 0 Å². The molecule has 0 bridgehead atoms. The Morgan fingerprint density at radius 2 is 1.89 bits per heavy atom. The average molecular weight is 357 g/mol. The molecule has 0 aliphatic heterocycles. The van der Waals surface area contributed by atoms with Crippen molar-refractivity contribution < 1.29 is 0 Å². The Morgan fingerprint density at radius 1 is 1.11 bits per heavy atom. The summed E-state index contributed by atoms with van der Waals surface area (Å²) in [4.78, 5) is 1.32. The van der Waals surface area contributed by atoms with Crippen LogP contribution in [0.4, 0.5) is 0 Å². The quantitative estimate of drug-likeness (QED) is 0.578. The van der Waals surface area contributed by atoms with E-state index < -0.39 is 0 Å². The molecule has 4 heteroatoms. The van der Waals surface area contributed by atoms with E-state index in [2.05, 4.69) is 51.6 Å². The number of hydrogen-bond acceptors (Lipinski definition) is 2. The van der Waals surface area contributed by atoms with Gasteiger partial charge in [0.05, 0.1) is 5.02 Å². The Hall–Kier alpha value is -0.480. The molecule has 19 heavy (non-hydrogen) atoms. The van der Waals surface area contributed by atoms with Gasteiger partial charge >= 0.3 is 0 Å². The molecule has 0 spiro atoms. The lowest BCUT2D eigenvalue weighted by Gasteiger charge is -2.06. The number of nitrogens with one attached hydrogen (secondary N) is 1. The van der Waals surface area contributed by atoms with Crippen LogP contribution in [0.25, 0.3) is 0 Å². The fourth-order valence-corrected chi connectivity index (χ4v) is 2.92. The second-order valence-corrected chi connectivity index (χ2v) is 6.52. The Bertz CT molecular complexity index is 519. The van der Waals surface area contributed by atoms with Gasteiger partial charge in [-0.25, -0.2) is 0 Å². The molecule has 0 saturated carbocycles. The predicted molar refractivity (Wildman–Crippen MR) is 88.0 cm³/mol. The molecule has 100 valence electrons. The molecular formula is C15H15BrClNS. The van der Waals surface area contributed by atoms with Crippen molar-refractivity contribution in [2.45, 2.75) is 11.4 Å². The van der Waals surface area contributed by atoms with Crippen LogP contribution < -0.4 is 5.32 Å². The zero-order valence-corrected chi connectivity index (χ0v) is 13.6. The van der Waals surface area contributed by atoms with Crippen LogP contribution in [0, 0.1) is 0 Å². The first-order valence-electron chi connectivity index (χ1n) is 6.08. The van der Waals surface area contributed by atoms with Gasteiger partial charge in [-0.15, -0.1) is 11.8 Å². The highest BCUT2D eigenvalue weighted by molar-refractivity contribution is 9.10. The second-order valence-electron chi connectivity index (χ2n) is 4.09. The normalized spacial score (nSPS) is 10.6. The first-order valence-corrected chi connectivity index (χ1v) is 8.24. The van der Waals surface area contributed by atoms with Gasteiger partial charge in [0.1, 0.15) is 0 Å². The maximum atomic E-state index is 6.06. The lowest BCUT2D eigenvalue weighted by Crippen LogP contribution is -2.16. The number of hydrogen-bond donors (Lipinski definition) is 1. The molecule has 0 aliphatic rings. The summed E-state index contributed by atoms with van der Waals surface area (Å²) in [6, 6.07) is 16.5. The molecule has 0 aliphatic carbocycles. The fraction of sp³-hybridized carbons (Fsp3) is 0.200. The summed E-state index contributed by atoms with van der Waals surface area (Å²) >= 11 is 11.3.